The SMILES string of the molecule is BrB(Br)Br.Brc1cccc(-c2cccc(Br)c2)c1.CC1(C)OB(B2OC(C)(C)C(C)(C)O2)OC1(C)C.CC1(C)OB(c2cccc(-c3cccc(-c4cccc(O)c4)c3)c2)OC1(C)C.COc1cccc(B(O)O)c1.ClCCl.OCc1cccc(-c2cccc(-c3cccc(Br)c3)c2)c1.OCc1cccc(-c2cccc(-c3cccc(Br)c3)c2)c1. The highest BCUT2D eigenvalue weighted by Crippen LogP contribution is 2.44. The monoisotopic (exact) mass is 2100 g/mol. The molecule has 624 valence electrons. The number of hydrogen-bond donors (Lipinski definition) is 5. The van der Waals surface area contributed by atoms with Gasteiger partial charge in [0, 0.05) is 17.9 Å². The summed E-state index contributed by atoms with van der Waals surface area (Å²) in [7, 11) is -1.22. The summed E-state index contributed by atoms with van der Waals surface area (Å²) in [6.45, 7) is 24.6. The predicted octanol–water partition coefficient (Wildman–Crippen LogP) is 25.7. The van der Waals surface area contributed by atoms with Crippen LogP contribution < -0.4 is 15.7 Å². The maximum absolute atomic E-state index is 9.78. The van der Waals surface area contributed by atoms with E-state index in [1.54, 1.807) is 36.4 Å². The van der Waals surface area contributed by atoms with E-state index in [0.717, 1.165) is 79.0 Å². The standard InChI is InChI=1S/C24H25BO3.2C19H15BrO.C12H24B2O4.C12H8Br2.C7H9BO3.CH2Cl2.BBr3/c1-23(2)24(3,4)28-25(27-23)21-12-6-10-19(15-21)17-8-5-9-18(14-17)20-11-7-13-22(26)16-20;2*20-19-9-3-8-18(12-19)17-7-2-6-16(11-17)15-5-1-4-14(10-15)13-21;1-9(2)10(3,4)16-13(15-9)14-17-11(5,6)12(7,8)18-14;13-11-5-1-3-9(7-11)10-4-2-6-12(14)8-10;1-11-7-4-2-3-6(5-7)8(9)10;2-1-3;2-1(3)4/h5-16,26H,1-4H3;2*1-12,21H,13H2;1-8H3;1-8H;2-5,9-10H,1H3;1H2;. The van der Waals surface area contributed by atoms with E-state index in [4.69, 9.17) is 65.9 Å². The fourth-order valence-electron chi connectivity index (χ4n) is 12.3. The number of benzene rings is 12. The molecule has 0 aromatic heterocycles. The molecule has 0 unspecified atom stereocenters. The van der Waals surface area contributed by atoms with E-state index in [2.05, 4.69) is 278 Å². The molecule has 3 saturated heterocycles. The van der Waals surface area contributed by atoms with E-state index >= 15 is 0 Å². The number of phenolic OH excluding ortho intramolecular Hbond substituents is 1. The van der Waals surface area contributed by atoms with Crippen LogP contribution in [-0.2, 0) is 41.1 Å². The fourth-order valence-corrected chi connectivity index (χ4v) is 13.9. The molecule has 15 rings (SSSR count). The van der Waals surface area contributed by atoms with Gasteiger partial charge in [0.25, 0.3) is 0 Å². The van der Waals surface area contributed by atoms with Gasteiger partial charge in [-0.2, -0.15) is 0 Å². The van der Waals surface area contributed by atoms with Crippen molar-refractivity contribution in [3.8, 4) is 89.4 Å². The molecule has 0 atom stereocenters. The molecule has 26 heteroatoms. The zero-order chi connectivity index (χ0) is 87.8. The molecular formula is C94H98B5Br7Cl2O12. The van der Waals surface area contributed by atoms with Gasteiger partial charge in [-0.1, -0.05) is 252 Å². The van der Waals surface area contributed by atoms with Gasteiger partial charge in [0.1, 0.15) is 11.5 Å². The Kier molecular flexibility index (Phi) is 38.4. The molecular weight excluding hydrogens is 2010 g/mol. The Balaban J connectivity index is 0.000000180. The number of rotatable bonds is 13. The van der Waals surface area contributed by atoms with Crippen molar-refractivity contribution in [1.29, 1.82) is 0 Å². The molecule has 12 aromatic carbocycles. The average Bonchev–Trinajstić information content (AvgIpc) is 1.60. The Morgan fingerprint density at radius 3 is 0.850 bits per heavy atom. The number of aliphatic hydroxyl groups is 2. The number of hydrogen-bond acceptors (Lipinski definition) is 12. The van der Waals surface area contributed by atoms with Gasteiger partial charge < -0.3 is 58.0 Å². The van der Waals surface area contributed by atoms with Crippen LogP contribution in [-0.4, -0.2) is 103 Å². The highest BCUT2D eigenvalue weighted by atomic mass is 79.9. The summed E-state index contributed by atoms with van der Waals surface area (Å²) in [6, 6.07) is 96.6. The molecule has 12 aromatic rings. The third-order valence-electron chi connectivity index (χ3n) is 20.9. The van der Waals surface area contributed by atoms with E-state index in [-0.39, 0.29) is 68.2 Å². The first-order chi connectivity index (χ1) is 56.8. The maximum Gasteiger partial charge on any atom is 0.494 e. The summed E-state index contributed by atoms with van der Waals surface area (Å²) in [4.78, 5) is 0. The number of ether oxygens (including phenoxy) is 1. The molecule has 0 radical (unpaired) electrons. The van der Waals surface area contributed by atoms with Gasteiger partial charge in [0.15, 0.2) is 0 Å². The summed E-state index contributed by atoms with van der Waals surface area (Å²) in [5.41, 5.74) is 17.2. The first-order valence-corrected chi connectivity index (χ1v) is 45.5. The van der Waals surface area contributed by atoms with Gasteiger partial charge in [0.05, 0.1) is 59.3 Å². The van der Waals surface area contributed by atoms with Crippen molar-refractivity contribution in [2.45, 2.75) is 130 Å². The van der Waals surface area contributed by atoms with Gasteiger partial charge >= 0.3 is 31.4 Å². The largest absolute Gasteiger partial charge is 0.508 e. The van der Waals surface area contributed by atoms with E-state index < -0.39 is 21.1 Å². The molecule has 5 N–H and O–H groups in total. The zero-order valence-electron chi connectivity index (χ0n) is 69.2. The average molecular weight is 2100 g/mol. The summed E-state index contributed by atoms with van der Waals surface area (Å²) in [5, 5.41) is 46.0. The van der Waals surface area contributed by atoms with Crippen molar-refractivity contribution in [3.05, 3.63) is 320 Å². The minimum atomic E-state index is -1.43. The number of aliphatic hydroxyl groups excluding tert-OH is 2. The number of phenols is 1. The Morgan fingerprint density at radius 2 is 0.567 bits per heavy atom. The first-order valence-electron chi connectivity index (χ1n) is 38.5. The van der Waals surface area contributed by atoms with Crippen LogP contribution >= 0.6 is 134 Å². The highest BCUT2D eigenvalue weighted by Gasteiger charge is 2.64. The normalized spacial score (nSPS) is 15.0. The van der Waals surface area contributed by atoms with Crippen LogP contribution in [0.4, 0.5) is 0 Å². The number of halogens is 9. The minimum Gasteiger partial charge on any atom is -0.508 e. The van der Waals surface area contributed by atoms with Gasteiger partial charge in [-0.25, -0.2) is 0 Å². The van der Waals surface area contributed by atoms with Crippen LogP contribution in [0.5, 0.6) is 11.5 Å². The van der Waals surface area contributed by atoms with Gasteiger partial charge in [0.2, 0.25) is 0 Å². The number of aromatic hydroxyl groups is 1. The van der Waals surface area contributed by atoms with E-state index in [1.807, 2.05) is 171 Å². The Hall–Kier alpha value is -5.90. The molecule has 3 fully saturated rings. The van der Waals surface area contributed by atoms with Crippen LogP contribution in [0.2, 0.25) is 0 Å². The van der Waals surface area contributed by atoms with Crippen LogP contribution in [0.15, 0.2) is 309 Å². The molecule has 3 heterocycles. The third-order valence-corrected chi connectivity index (χ3v) is 22.8. The predicted molar refractivity (Wildman–Crippen MR) is 528 cm³/mol. The lowest BCUT2D eigenvalue weighted by Gasteiger charge is -2.32. The molecule has 3 aliphatic heterocycles. The molecule has 3 aliphatic rings. The second-order valence-corrected chi connectivity index (χ2v) is 41.9. The molecule has 0 saturated carbocycles. The van der Waals surface area contributed by atoms with Crippen molar-refractivity contribution in [2.24, 2.45) is 0 Å². The van der Waals surface area contributed by atoms with Crippen molar-refractivity contribution < 1.29 is 58.0 Å². The Labute approximate surface area is 778 Å². The minimum absolute atomic E-state index is 0.0686. The summed E-state index contributed by atoms with van der Waals surface area (Å²) >= 11 is 32.8. The second kappa shape index (κ2) is 46.4. The van der Waals surface area contributed by atoms with Crippen LogP contribution in [0.3, 0.4) is 0 Å². The smallest absolute Gasteiger partial charge is 0.494 e. The quantitative estimate of drug-likeness (QED) is 0.0549. The molecule has 0 amide bonds. The lowest BCUT2D eigenvalue weighted by Crippen LogP contribution is -2.41. The van der Waals surface area contributed by atoms with Crippen molar-refractivity contribution in [3.63, 3.8) is 0 Å². The Morgan fingerprint density at radius 1 is 0.325 bits per heavy atom. The van der Waals surface area contributed by atoms with Gasteiger partial charge in [-0.15, -0.1) is 70.5 Å². The summed E-state index contributed by atoms with van der Waals surface area (Å²) < 4.78 is 45.8. The van der Waals surface area contributed by atoms with Gasteiger partial charge in [-0.05, 0) is 286 Å². The maximum atomic E-state index is 9.78. The van der Waals surface area contributed by atoms with Crippen LogP contribution in [0, 0.1) is 0 Å². The van der Waals surface area contributed by atoms with Crippen LogP contribution in [0.1, 0.15) is 94.2 Å². The van der Waals surface area contributed by atoms with Crippen molar-refractivity contribution >= 4 is 177 Å². The number of alkyl halides is 2. The molecule has 12 nitrogen and oxygen atoms in total. The molecule has 0 spiro atoms. The second-order valence-electron chi connectivity index (χ2n) is 31.0. The highest BCUT2D eigenvalue weighted by molar-refractivity contribution is 9.69. The van der Waals surface area contributed by atoms with E-state index in [0.29, 0.717) is 11.2 Å². The van der Waals surface area contributed by atoms with Crippen molar-refractivity contribution in [2.75, 3.05) is 12.4 Å². The summed E-state index contributed by atoms with van der Waals surface area (Å²) in [6.07, 6.45) is 0. The Bertz CT molecular complexity index is 5020. The van der Waals surface area contributed by atoms with Gasteiger partial charge in [-0.3, -0.25) is 0 Å². The molecule has 0 aliphatic carbocycles. The lowest BCUT2D eigenvalue weighted by molar-refractivity contribution is 0.00578. The lowest BCUT2D eigenvalue weighted by atomic mass is 9.49. The zero-order valence-corrected chi connectivity index (χ0v) is 81.8. The molecule has 0 bridgehead atoms. The van der Waals surface area contributed by atoms with Crippen molar-refractivity contribution in [1.82, 2.24) is 0 Å². The fraction of sp³-hybridized carbons (Fsp3) is 0.234. The topological polar surface area (TPSA) is 166 Å². The first kappa shape index (κ1) is 99.5. The van der Waals surface area contributed by atoms with E-state index in [1.165, 1.54) is 40.5 Å². The summed E-state index contributed by atoms with van der Waals surface area (Å²) in [5.74, 6) is 0.890. The third kappa shape index (κ3) is 29.4. The van der Waals surface area contributed by atoms with E-state index in [9.17, 15) is 15.3 Å². The molecule has 120 heavy (non-hydrogen) atoms. The van der Waals surface area contributed by atoms with Crippen LogP contribution in [0.25, 0.3) is 77.9 Å². The number of methoxy groups -OCH3 is 1.